The molecule has 2 aromatic heterocycles. The summed E-state index contributed by atoms with van der Waals surface area (Å²) < 4.78 is 0. The van der Waals surface area contributed by atoms with Crippen molar-refractivity contribution >= 4 is 39.8 Å². The summed E-state index contributed by atoms with van der Waals surface area (Å²) in [5.74, 6) is 0.908. The van der Waals surface area contributed by atoms with Crippen LogP contribution in [-0.4, -0.2) is 22.9 Å². The molecule has 0 bridgehead atoms. The SMILES string of the molecule is CNc1cc(C(=O)Nc2nc(C3CC3)cs2)cc(Cl)n1. The average molecular weight is 309 g/mol. The molecule has 0 spiro atoms. The minimum atomic E-state index is -0.234. The molecule has 2 N–H and O–H groups in total. The van der Waals surface area contributed by atoms with Crippen molar-refractivity contribution in [3.05, 3.63) is 33.9 Å². The van der Waals surface area contributed by atoms with E-state index in [1.165, 1.54) is 30.2 Å². The first kappa shape index (κ1) is 13.3. The molecule has 1 amide bonds. The highest BCUT2D eigenvalue weighted by Gasteiger charge is 2.26. The van der Waals surface area contributed by atoms with E-state index in [0.29, 0.717) is 22.4 Å². The van der Waals surface area contributed by atoms with Gasteiger partial charge in [-0.25, -0.2) is 9.97 Å². The Hall–Kier alpha value is -1.66. The quantitative estimate of drug-likeness (QED) is 0.850. The number of hydrogen-bond donors (Lipinski definition) is 2. The van der Waals surface area contributed by atoms with Crippen LogP contribution < -0.4 is 10.6 Å². The van der Waals surface area contributed by atoms with Crippen LogP contribution in [-0.2, 0) is 0 Å². The van der Waals surface area contributed by atoms with E-state index >= 15 is 0 Å². The highest BCUT2D eigenvalue weighted by Crippen LogP contribution is 2.40. The topological polar surface area (TPSA) is 66.9 Å². The number of carbonyl (C=O) groups excluding carboxylic acids is 1. The molecule has 0 aliphatic heterocycles. The number of pyridine rings is 1. The van der Waals surface area contributed by atoms with Crippen molar-refractivity contribution in [2.24, 2.45) is 0 Å². The van der Waals surface area contributed by atoms with E-state index in [1.54, 1.807) is 13.1 Å². The van der Waals surface area contributed by atoms with Crippen molar-refractivity contribution in [3.8, 4) is 0 Å². The lowest BCUT2D eigenvalue weighted by Crippen LogP contribution is -2.12. The average Bonchev–Trinajstić information content (AvgIpc) is 3.19. The molecule has 0 aromatic carbocycles. The van der Waals surface area contributed by atoms with E-state index in [4.69, 9.17) is 11.6 Å². The molecule has 0 unspecified atom stereocenters. The second-order valence-electron chi connectivity index (χ2n) is 4.62. The molecule has 104 valence electrons. The summed E-state index contributed by atoms with van der Waals surface area (Å²) in [5, 5.41) is 8.56. The van der Waals surface area contributed by atoms with Crippen LogP contribution in [0.2, 0.25) is 5.15 Å². The van der Waals surface area contributed by atoms with Crippen molar-refractivity contribution in [2.75, 3.05) is 17.7 Å². The zero-order chi connectivity index (χ0) is 14.1. The van der Waals surface area contributed by atoms with Crippen LogP contribution in [0.3, 0.4) is 0 Å². The molecule has 1 aliphatic carbocycles. The van der Waals surface area contributed by atoms with Gasteiger partial charge < -0.3 is 5.32 Å². The van der Waals surface area contributed by atoms with Crippen LogP contribution in [0.1, 0.15) is 34.8 Å². The fraction of sp³-hybridized carbons (Fsp3) is 0.308. The number of nitrogens with zero attached hydrogens (tertiary/aromatic N) is 2. The van der Waals surface area contributed by atoms with Gasteiger partial charge in [-0.2, -0.15) is 0 Å². The third kappa shape index (κ3) is 2.91. The van der Waals surface area contributed by atoms with Crippen LogP contribution in [0.4, 0.5) is 10.9 Å². The number of anilines is 2. The molecule has 0 atom stereocenters. The van der Waals surface area contributed by atoms with Gasteiger partial charge in [-0.1, -0.05) is 11.6 Å². The van der Waals surface area contributed by atoms with Crippen LogP contribution in [0.5, 0.6) is 0 Å². The maximum atomic E-state index is 12.2. The Kier molecular flexibility index (Phi) is 3.58. The molecule has 0 radical (unpaired) electrons. The molecular weight excluding hydrogens is 296 g/mol. The highest BCUT2D eigenvalue weighted by atomic mass is 35.5. The molecule has 1 fully saturated rings. The third-order valence-corrected chi connectivity index (χ3v) is 4.02. The van der Waals surface area contributed by atoms with E-state index in [9.17, 15) is 4.79 Å². The van der Waals surface area contributed by atoms with Crippen LogP contribution in [0.25, 0.3) is 0 Å². The Morgan fingerprint density at radius 2 is 2.20 bits per heavy atom. The molecule has 2 heterocycles. The summed E-state index contributed by atoms with van der Waals surface area (Å²) >= 11 is 7.33. The highest BCUT2D eigenvalue weighted by molar-refractivity contribution is 7.14. The van der Waals surface area contributed by atoms with Crippen LogP contribution >= 0.6 is 22.9 Å². The maximum Gasteiger partial charge on any atom is 0.257 e. The minimum Gasteiger partial charge on any atom is -0.373 e. The summed E-state index contributed by atoms with van der Waals surface area (Å²) in [6, 6.07) is 3.18. The number of halogens is 1. The van der Waals surface area contributed by atoms with E-state index in [1.807, 2.05) is 5.38 Å². The second-order valence-corrected chi connectivity index (χ2v) is 5.87. The van der Waals surface area contributed by atoms with Crippen LogP contribution in [0, 0.1) is 0 Å². The van der Waals surface area contributed by atoms with Crippen molar-refractivity contribution < 1.29 is 4.79 Å². The van der Waals surface area contributed by atoms with Gasteiger partial charge in [0.15, 0.2) is 5.13 Å². The van der Waals surface area contributed by atoms with Crippen molar-refractivity contribution in [1.29, 1.82) is 0 Å². The fourth-order valence-corrected chi connectivity index (χ4v) is 2.83. The molecule has 7 heteroatoms. The summed E-state index contributed by atoms with van der Waals surface area (Å²) in [4.78, 5) is 20.6. The van der Waals surface area contributed by atoms with Gasteiger partial charge in [0.1, 0.15) is 11.0 Å². The lowest BCUT2D eigenvalue weighted by atomic mass is 10.2. The van der Waals surface area contributed by atoms with Gasteiger partial charge >= 0.3 is 0 Å². The maximum absolute atomic E-state index is 12.2. The molecule has 20 heavy (non-hydrogen) atoms. The number of rotatable bonds is 4. The number of amides is 1. The first-order valence-electron chi connectivity index (χ1n) is 6.28. The molecule has 0 saturated heterocycles. The lowest BCUT2D eigenvalue weighted by Gasteiger charge is -2.05. The van der Waals surface area contributed by atoms with Crippen LogP contribution in [0.15, 0.2) is 17.5 Å². The normalized spacial score (nSPS) is 14.1. The molecular formula is C13H13ClN4OS. The summed E-state index contributed by atoms with van der Waals surface area (Å²) in [7, 11) is 1.73. The van der Waals surface area contributed by atoms with E-state index in [-0.39, 0.29) is 11.1 Å². The summed E-state index contributed by atoms with van der Waals surface area (Å²) in [6.45, 7) is 0. The first-order valence-corrected chi connectivity index (χ1v) is 7.53. The second kappa shape index (κ2) is 5.38. The number of carbonyl (C=O) groups is 1. The van der Waals surface area contributed by atoms with Crippen molar-refractivity contribution in [1.82, 2.24) is 9.97 Å². The number of nitrogens with one attached hydrogen (secondary N) is 2. The number of hydrogen-bond acceptors (Lipinski definition) is 5. The Morgan fingerprint density at radius 1 is 1.40 bits per heavy atom. The summed E-state index contributed by atoms with van der Waals surface area (Å²) in [6.07, 6.45) is 2.39. The van der Waals surface area contributed by atoms with Gasteiger partial charge in [-0.05, 0) is 25.0 Å². The molecule has 5 nitrogen and oxygen atoms in total. The largest absolute Gasteiger partial charge is 0.373 e. The molecule has 1 saturated carbocycles. The van der Waals surface area contributed by atoms with E-state index < -0.39 is 0 Å². The van der Waals surface area contributed by atoms with Gasteiger partial charge in [0.25, 0.3) is 5.91 Å². The Balaban J connectivity index is 1.76. The van der Waals surface area contributed by atoms with Gasteiger partial charge in [0.05, 0.1) is 5.69 Å². The fourth-order valence-electron chi connectivity index (χ4n) is 1.84. The van der Waals surface area contributed by atoms with Crippen molar-refractivity contribution in [2.45, 2.75) is 18.8 Å². The third-order valence-electron chi connectivity index (χ3n) is 3.05. The number of aromatic nitrogens is 2. The smallest absolute Gasteiger partial charge is 0.257 e. The Labute approximate surface area is 125 Å². The first-order chi connectivity index (χ1) is 9.65. The summed E-state index contributed by atoms with van der Waals surface area (Å²) in [5.41, 5.74) is 1.53. The molecule has 3 rings (SSSR count). The van der Waals surface area contributed by atoms with Gasteiger partial charge in [-0.3, -0.25) is 10.1 Å². The standard InChI is InChI=1S/C13H13ClN4OS/c1-15-11-5-8(4-10(14)17-11)12(19)18-13-16-9(6-20-13)7-2-3-7/h4-7H,2-3H2,1H3,(H,15,17)(H,16,18,19). The lowest BCUT2D eigenvalue weighted by molar-refractivity contribution is 0.102. The van der Waals surface area contributed by atoms with E-state index in [2.05, 4.69) is 20.6 Å². The monoisotopic (exact) mass is 308 g/mol. The zero-order valence-corrected chi connectivity index (χ0v) is 12.4. The van der Waals surface area contributed by atoms with E-state index in [0.717, 1.165) is 5.69 Å². The Morgan fingerprint density at radius 3 is 2.90 bits per heavy atom. The predicted octanol–water partition coefficient (Wildman–Crippen LogP) is 3.36. The Bertz CT molecular complexity index is 654. The van der Waals surface area contributed by atoms with Gasteiger partial charge in [0.2, 0.25) is 0 Å². The number of thiazole rings is 1. The predicted molar refractivity (Wildman–Crippen MR) is 80.8 cm³/mol. The zero-order valence-electron chi connectivity index (χ0n) is 10.8. The van der Waals surface area contributed by atoms with Gasteiger partial charge in [0, 0.05) is 23.9 Å². The van der Waals surface area contributed by atoms with Crippen molar-refractivity contribution in [3.63, 3.8) is 0 Å². The minimum absolute atomic E-state index is 0.234. The van der Waals surface area contributed by atoms with Gasteiger partial charge in [-0.15, -0.1) is 11.3 Å². The molecule has 1 aliphatic rings. The molecule has 2 aromatic rings.